The zero-order valence-corrected chi connectivity index (χ0v) is 19.3. The van der Waals surface area contributed by atoms with Crippen molar-refractivity contribution in [3.8, 4) is 11.4 Å². The van der Waals surface area contributed by atoms with E-state index in [2.05, 4.69) is 132 Å². The lowest BCUT2D eigenvalue weighted by Crippen LogP contribution is -2.03. The molecule has 0 saturated heterocycles. The van der Waals surface area contributed by atoms with Crippen LogP contribution in [0.25, 0.3) is 55.0 Å². The Bertz CT molecular complexity index is 1750. The van der Waals surface area contributed by atoms with Gasteiger partial charge in [0, 0.05) is 27.2 Å². The minimum absolute atomic E-state index is 1.21. The standard InChI is InChI=1S/C32H24N2/c1-21-19-23(33-28-15-7-3-11-24(28)25-12-4-8-16-29(25)33)20-22(2)32(21)34-30-17-9-5-13-26(30)27-14-6-10-18-31(27)34/h3-20H,1-2H3. The van der Waals surface area contributed by atoms with Crippen LogP contribution in [-0.2, 0) is 0 Å². The van der Waals surface area contributed by atoms with Crippen molar-refractivity contribution in [3.63, 3.8) is 0 Å². The summed E-state index contributed by atoms with van der Waals surface area (Å²) in [5, 5.41) is 5.17. The summed E-state index contributed by atoms with van der Waals surface area (Å²) < 4.78 is 4.84. The van der Waals surface area contributed by atoms with Crippen LogP contribution in [0.4, 0.5) is 0 Å². The molecule has 0 saturated carbocycles. The predicted octanol–water partition coefficient (Wildman–Crippen LogP) is 8.50. The van der Waals surface area contributed by atoms with Crippen molar-refractivity contribution >= 4 is 43.6 Å². The van der Waals surface area contributed by atoms with Gasteiger partial charge in [0.1, 0.15) is 0 Å². The third-order valence-electron chi connectivity index (χ3n) is 7.12. The lowest BCUT2D eigenvalue weighted by Gasteiger charge is -2.18. The van der Waals surface area contributed by atoms with E-state index >= 15 is 0 Å². The molecule has 0 aliphatic heterocycles. The summed E-state index contributed by atoms with van der Waals surface area (Å²) in [5.74, 6) is 0. The fraction of sp³-hybridized carbons (Fsp3) is 0.0625. The highest BCUT2D eigenvalue weighted by Gasteiger charge is 2.17. The first-order valence-corrected chi connectivity index (χ1v) is 11.8. The van der Waals surface area contributed by atoms with Crippen LogP contribution in [0, 0.1) is 13.8 Å². The third-order valence-corrected chi connectivity index (χ3v) is 7.12. The molecule has 0 aliphatic carbocycles. The number of para-hydroxylation sites is 4. The van der Waals surface area contributed by atoms with Crippen LogP contribution in [0.15, 0.2) is 109 Å². The first-order chi connectivity index (χ1) is 16.7. The number of aromatic nitrogens is 2. The molecule has 0 aliphatic rings. The van der Waals surface area contributed by atoms with Crippen LogP contribution in [0.2, 0.25) is 0 Å². The van der Waals surface area contributed by atoms with Gasteiger partial charge in [0.15, 0.2) is 0 Å². The van der Waals surface area contributed by atoms with Crippen LogP contribution in [0.1, 0.15) is 11.1 Å². The molecule has 0 amide bonds. The molecule has 0 radical (unpaired) electrons. The summed E-state index contributed by atoms with van der Waals surface area (Å²) in [7, 11) is 0. The van der Waals surface area contributed by atoms with Crippen molar-refractivity contribution in [2.75, 3.05) is 0 Å². The number of rotatable bonds is 2. The highest BCUT2D eigenvalue weighted by molar-refractivity contribution is 6.10. The topological polar surface area (TPSA) is 9.86 Å². The van der Waals surface area contributed by atoms with Gasteiger partial charge in [-0.05, 0) is 61.4 Å². The van der Waals surface area contributed by atoms with Crippen molar-refractivity contribution in [3.05, 3.63) is 120 Å². The van der Waals surface area contributed by atoms with Gasteiger partial charge in [0.2, 0.25) is 0 Å². The SMILES string of the molecule is Cc1cc(-n2c3ccccc3c3ccccc32)cc(C)c1-n1c2ccccc2c2ccccc21. The molecule has 0 bridgehead atoms. The van der Waals surface area contributed by atoms with Crippen molar-refractivity contribution in [1.29, 1.82) is 0 Å². The molecule has 7 rings (SSSR count). The number of hydrogen-bond donors (Lipinski definition) is 0. The van der Waals surface area contributed by atoms with Gasteiger partial charge in [0.05, 0.1) is 27.8 Å². The first-order valence-electron chi connectivity index (χ1n) is 11.8. The van der Waals surface area contributed by atoms with E-state index in [1.165, 1.54) is 66.1 Å². The Balaban J connectivity index is 1.54. The minimum atomic E-state index is 1.21. The molecule has 5 aromatic carbocycles. The quantitative estimate of drug-likeness (QED) is 0.257. The number of aryl methyl sites for hydroxylation is 2. The molecule has 7 aromatic rings. The monoisotopic (exact) mass is 436 g/mol. The first kappa shape index (κ1) is 19.2. The van der Waals surface area contributed by atoms with E-state index in [0.717, 1.165) is 0 Å². The van der Waals surface area contributed by atoms with Gasteiger partial charge in [-0.3, -0.25) is 0 Å². The fourth-order valence-corrected chi connectivity index (χ4v) is 5.78. The Hall–Kier alpha value is -4.30. The van der Waals surface area contributed by atoms with E-state index in [0.29, 0.717) is 0 Å². The Morgan fingerprint density at radius 3 is 1.12 bits per heavy atom. The second-order valence-electron chi connectivity index (χ2n) is 9.17. The van der Waals surface area contributed by atoms with E-state index in [-0.39, 0.29) is 0 Å². The van der Waals surface area contributed by atoms with Gasteiger partial charge in [-0.2, -0.15) is 0 Å². The van der Waals surface area contributed by atoms with E-state index in [4.69, 9.17) is 0 Å². The Kier molecular flexibility index (Phi) is 4.01. The zero-order chi connectivity index (χ0) is 22.8. The fourth-order valence-electron chi connectivity index (χ4n) is 5.78. The lowest BCUT2D eigenvalue weighted by molar-refractivity contribution is 1.09. The Labute approximate surface area is 198 Å². The number of benzene rings is 5. The maximum Gasteiger partial charge on any atom is 0.0541 e. The molecule has 2 aromatic heterocycles. The van der Waals surface area contributed by atoms with Crippen LogP contribution < -0.4 is 0 Å². The van der Waals surface area contributed by atoms with Crippen molar-refractivity contribution < 1.29 is 0 Å². The summed E-state index contributed by atoms with van der Waals surface area (Å²) in [4.78, 5) is 0. The minimum Gasteiger partial charge on any atom is -0.309 e. The predicted molar refractivity (Wildman–Crippen MR) is 145 cm³/mol. The lowest BCUT2D eigenvalue weighted by atomic mass is 10.1. The van der Waals surface area contributed by atoms with Gasteiger partial charge >= 0.3 is 0 Å². The molecular weight excluding hydrogens is 412 g/mol. The highest BCUT2D eigenvalue weighted by atomic mass is 15.0. The molecule has 2 heterocycles. The molecule has 162 valence electrons. The molecule has 0 N–H and O–H groups in total. The Morgan fingerprint density at radius 2 is 0.735 bits per heavy atom. The van der Waals surface area contributed by atoms with Gasteiger partial charge < -0.3 is 9.13 Å². The second kappa shape index (κ2) is 7.10. The zero-order valence-electron chi connectivity index (χ0n) is 19.3. The van der Waals surface area contributed by atoms with E-state index in [1.807, 2.05) is 0 Å². The Morgan fingerprint density at radius 1 is 0.412 bits per heavy atom. The summed E-state index contributed by atoms with van der Waals surface area (Å²) in [6.45, 7) is 4.48. The number of nitrogens with zero attached hydrogens (tertiary/aromatic N) is 2. The van der Waals surface area contributed by atoms with Gasteiger partial charge in [-0.25, -0.2) is 0 Å². The number of hydrogen-bond acceptors (Lipinski definition) is 0. The average Bonchev–Trinajstić information content (AvgIpc) is 3.37. The number of fused-ring (bicyclic) bond motifs is 6. The van der Waals surface area contributed by atoms with Gasteiger partial charge in [0.25, 0.3) is 0 Å². The van der Waals surface area contributed by atoms with Crippen LogP contribution >= 0.6 is 0 Å². The summed E-state index contributed by atoms with van der Waals surface area (Å²) >= 11 is 0. The highest BCUT2D eigenvalue weighted by Crippen LogP contribution is 2.37. The molecule has 0 fully saturated rings. The van der Waals surface area contributed by atoms with Crippen molar-refractivity contribution in [2.24, 2.45) is 0 Å². The third kappa shape index (κ3) is 2.57. The van der Waals surface area contributed by atoms with Crippen LogP contribution in [0.5, 0.6) is 0 Å². The largest absolute Gasteiger partial charge is 0.309 e. The van der Waals surface area contributed by atoms with Crippen LogP contribution in [0.3, 0.4) is 0 Å². The summed E-state index contributed by atoms with van der Waals surface area (Å²) in [5.41, 5.74) is 9.99. The molecule has 2 nitrogen and oxygen atoms in total. The maximum absolute atomic E-state index is 2.44. The summed E-state index contributed by atoms with van der Waals surface area (Å²) in [6, 6.07) is 39.5. The smallest absolute Gasteiger partial charge is 0.0541 e. The normalized spacial score (nSPS) is 11.8. The van der Waals surface area contributed by atoms with Gasteiger partial charge in [-0.15, -0.1) is 0 Å². The van der Waals surface area contributed by atoms with Crippen molar-refractivity contribution in [1.82, 2.24) is 9.13 Å². The maximum atomic E-state index is 2.44. The summed E-state index contributed by atoms with van der Waals surface area (Å²) in [6.07, 6.45) is 0. The van der Waals surface area contributed by atoms with E-state index in [9.17, 15) is 0 Å². The van der Waals surface area contributed by atoms with Crippen molar-refractivity contribution in [2.45, 2.75) is 13.8 Å². The van der Waals surface area contributed by atoms with E-state index < -0.39 is 0 Å². The molecule has 0 atom stereocenters. The molecular formula is C32H24N2. The van der Waals surface area contributed by atoms with Gasteiger partial charge in [-0.1, -0.05) is 72.8 Å². The second-order valence-corrected chi connectivity index (χ2v) is 9.17. The van der Waals surface area contributed by atoms with E-state index in [1.54, 1.807) is 0 Å². The molecule has 0 unspecified atom stereocenters. The molecule has 0 spiro atoms. The molecule has 2 heteroatoms. The van der Waals surface area contributed by atoms with Crippen LogP contribution in [-0.4, -0.2) is 9.13 Å². The average molecular weight is 437 g/mol. The molecule has 34 heavy (non-hydrogen) atoms.